The molecule has 0 aromatic heterocycles. The lowest BCUT2D eigenvalue weighted by atomic mass is 10.1. The fourth-order valence-electron chi connectivity index (χ4n) is 3.49. The number of nitrogens with zero attached hydrogens (tertiary/aromatic N) is 2. The monoisotopic (exact) mass is 406 g/mol. The molecule has 0 spiro atoms. The Hall–Kier alpha value is -2.79. The second kappa shape index (κ2) is 9.14. The van der Waals surface area contributed by atoms with E-state index < -0.39 is 0 Å². The molecule has 3 aromatic rings. The van der Waals surface area contributed by atoms with Gasteiger partial charge in [0.25, 0.3) is 5.91 Å². The lowest BCUT2D eigenvalue weighted by molar-refractivity contribution is 0.0743. The fourth-order valence-corrected chi connectivity index (χ4v) is 4.49. The van der Waals surface area contributed by atoms with Crippen molar-refractivity contribution in [2.24, 2.45) is 0 Å². The van der Waals surface area contributed by atoms with E-state index in [1.54, 1.807) is 23.9 Å². The lowest BCUT2D eigenvalue weighted by Gasteiger charge is -2.36. The van der Waals surface area contributed by atoms with Crippen molar-refractivity contribution in [3.63, 3.8) is 0 Å². The van der Waals surface area contributed by atoms with Gasteiger partial charge in [0.15, 0.2) is 0 Å². The first-order chi connectivity index (χ1) is 14.2. The molecule has 1 saturated heterocycles. The van der Waals surface area contributed by atoms with Crippen molar-refractivity contribution in [3.05, 3.63) is 95.8 Å². The summed E-state index contributed by atoms with van der Waals surface area (Å²) in [5, 5.41) is 0. The smallest absolute Gasteiger partial charge is 0.255 e. The minimum Gasteiger partial charge on any atom is -0.368 e. The highest BCUT2D eigenvalue weighted by Crippen LogP contribution is 2.28. The first kappa shape index (κ1) is 19.5. The zero-order valence-corrected chi connectivity index (χ0v) is 16.9. The molecule has 0 N–H and O–H groups in total. The van der Waals surface area contributed by atoms with E-state index in [9.17, 15) is 9.18 Å². The molecule has 1 fully saturated rings. The molecule has 5 heteroatoms. The molecular weight excluding hydrogens is 383 g/mol. The topological polar surface area (TPSA) is 23.6 Å². The van der Waals surface area contributed by atoms with Crippen molar-refractivity contribution in [2.75, 3.05) is 31.1 Å². The lowest BCUT2D eigenvalue weighted by Crippen LogP contribution is -2.48. The van der Waals surface area contributed by atoms with Crippen molar-refractivity contribution < 1.29 is 9.18 Å². The Bertz CT molecular complexity index is 954. The van der Waals surface area contributed by atoms with E-state index in [0.29, 0.717) is 13.1 Å². The van der Waals surface area contributed by atoms with Gasteiger partial charge in [-0.25, -0.2) is 4.39 Å². The van der Waals surface area contributed by atoms with E-state index in [-0.39, 0.29) is 11.7 Å². The van der Waals surface area contributed by atoms with Crippen LogP contribution < -0.4 is 4.90 Å². The third kappa shape index (κ3) is 4.80. The van der Waals surface area contributed by atoms with Gasteiger partial charge in [0.1, 0.15) is 5.82 Å². The van der Waals surface area contributed by atoms with Crippen molar-refractivity contribution >= 4 is 23.4 Å². The highest BCUT2D eigenvalue weighted by molar-refractivity contribution is 7.98. The maximum Gasteiger partial charge on any atom is 0.255 e. The number of rotatable bonds is 5. The van der Waals surface area contributed by atoms with Crippen LogP contribution in [0.5, 0.6) is 0 Å². The Morgan fingerprint density at radius 2 is 1.48 bits per heavy atom. The van der Waals surface area contributed by atoms with Crippen molar-refractivity contribution in [1.29, 1.82) is 0 Å². The van der Waals surface area contributed by atoms with Gasteiger partial charge in [0.2, 0.25) is 0 Å². The van der Waals surface area contributed by atoms with Gasteiger partial charge in [-0.1, -0.05) is 42.5 Å². The van der Waals surface area contributed by atoms with E-state index in [0.717, 1.165) is 35.0 Å². The number of piperazine rings is 1. The third-order valence-corrected chi connectivity index (χ3v) is 6.26. The number of hydrogen-bond acceptors (Lipinski definition) is 3. The summed E-state index contributed by atoms with van der Waals surface area (Å²) in [5.41, 5.74) is 3.01. The molecule has 0 bridgehead atoms. The Morgan fingerprint density at radius 1 is 0.828 bits per heavy atom. The van der Waals surface area contributed by atoms with E-state index in [1.807, 2.05) is 47.4 Å². The molecule has 4 rings (SSSR count). The minimum absolute atomic E-state index is 0.0833. The summed E-state index contributed by atoms with van der Waals surface area (Å²) in [6, 6.07) is 24.7. The highest BCUT2D eigenvalue weighted by atomic mass is 32.2. The predicted molar refractivity (Wildman–Crippen MR) is 117 cm³/mol. The van der Waals surface area contributed by atoms with Crippen molar-refractivity contribution in [3.8, 4) is 0 Å². The van der Waals surface area contributed by atoms with E-state index in [4.69, 9.17) is 0 Å². The summed E-state index contributed by atoms with van der Waals surface area (Å²) in [6.07, 6.45) is 0. The number of halogens is 1. The van der Waals surface area contributed by atoms with Crippen LogP contribution in [0.1, 0.15) is 15.9 Å². The number of carbonyl (C=O) groups is 1. The number of carbonyl (C=O) groups excluding carboxylic acids is 1. The standard InChI is InChI=1S/C24H23FN2OS/c25-20-10-12-21(13-11-20)26-14-16-27(17-15-26)24(28)22-8-4-5-9-23(22)29-18-19-6-2-1-3-7-19/h1-13H,14-18H2. The molecule has 1 aliphatic rings. The maximum atomic E-state index is 13.2. The van der Waals surface area contributed by atoms with Gasteiger partial charge in [-0.05, 0) is 42.0 Å². The molecule has 3 nitrogen and oxygen atoms in total. The molecule has 0 radical (unpaired) electrons. The average Bonchev–Trinajstić information content (AvgIpc) is 2.79. The molecule has 1 aliphatic heterocycles. The van der Waals surface area contributed by atoms with Crippen LogP contribution >= 0.6 is 11.8 Å². The van der Waals surface area contributed by atoms with Crippen LogP contribution in [-0.2, 0) is 5.75 Å². The molecule has 0 atom stereocenters. The first-order valence-electron chi connectivity index (χ1n) is 9.76. The van der Waals surface area contributed by atoms with Gasteiger partial charge >= 0.3 is 0 Å². The van der Waals surface area contributed by atoms with Crippen LogP contribution in [0.25, 0.3) is 0 Å². The summed E-state index contributed by atoms with van der Waals surface area (Å²) >= 11 is 1.70. The largest absolute Gasteiger partial charge is 0.368 e. The highest BCUT2D eigenvalue weighted by Gasteiger charge is 2.24. The molecule has 148 valence electrons. The molecular formula is C24H23FN2OS. The number of amides is 1. The van der Waals surface area contributed by atoms with Crippen LogP contribution in [0, 0.1) is 5.82 Å². The molecule has 3 aromatic carbocycles. The quantitative estimate of drug-likeness (QED) is 0.552. The summed E-state index contributed by atoms with van der Waals surface area (Å²) < 4.78 is 13.1. The Kier molecular flexibility index (Phi) is 6.15. The predicted octanol–water partition coefficient (Wildman–Crippen LogP) is 5.08. The molecule has 0 aliphatic carbocycles. The van der Waals surface area contributed by atoms with Gasteiger partial charge in [-0.3, -0.25) is 4.79 Å². The van der Waals surface area contributed by atoms with Crippen LogP contribution in [0.3, 0.4) is 0 Å². The fraction of sp³-hybridized carbons (Fsp3) is 0.208. The van der Waals surface area contributed by atoms with Crippen LogP contribution in [-0.4, -0.2) is 37.0 Å². The summed E-state index contributed by atoms with van der Waals surface area (Å²) in [6.45, 7) is 2.81. The van der Waals surface area contributed by atoms with Crippen LogP contribution in [0.4, 0.5) is 10.1 Å². The first-order valence-corrected chi connectivity index (χ1v) is 10.7. The maximum absolute atomic E-state index is 13.2. The van der Waals surface area contributed by atoms with E-state index in [1.165, 1.54) is 17.7 Å². The van der Waals surface area contributed by atoms with Gasteiger partial charge in [0.05, 0.1) is 5.56 Å². The summed E-state index contributed by atoms with van der Waals surface area (Å²) in [4.78, 5) is 18.3. The Labute approximate surface area is 175 Å². The summed E-state index contributed by atoms with van der Waals surface area (Å²) in [5.74, 6) is 0.691. The normalized spacial score (nSPS) is 14.1. The SMILES string of the molecule is O=C(c1ccccc1SCc1ccccc1)N1CCN(c2ccc(F)cc2)CC1. The van der Waals surface area contributed by atoms with Gasteiger partial charge in [-0.2, -0.15) is 0 Å². The van der Waals surface area contributed by atoms with Gasteiger partial charge < -0.3 is 9.80 Å². The number of thioether (sulfide) groups is 1. The minimum atomic E-state index is -0.229. The van der Waals surface area contributed by atoms with Crippen LogP contribution in [0.2, 0.25) is 0 Å². The Balaban J connectivity index is 1.40. The number of benzene rings is 3. The van der Waals surface area contributed by atoms with Crippen molar-refractivity contribution in [2.45, 2.75) is 10.6 Å². The average molecular weight is 407 g/mol. The third-order valence-electron chi connectivity index (χ3n) is 5.11. The summed E-state index contributed by atoms with van der Waals surface area (Å²) in [7, 11) is 0. The molecule has 0 saturated carbocycles. The van der Waals surface area contributed by atoms with Crippen molar-refractivity contribution in [1.82, 2.24) is 4.90 Å². The zero-order chi connectivity index (χ0) is 20.1. The molecule has 29 heavy (non-hydrogen) atoms. The zero-order valence-electron chi connectivity index (χ0n) is 16.1. The molecule has 1 amide bonds. The second-order valence-corrected chi connectivity index (χ2v) is 8.04. The van der Waals surface area contributed by atoms with Crippen LogP contribution in [0.15, 0.2) is 83.8 Å². The Morgan fingerprint density at radius 3 is 2.21 bits per heavy atom. The molecule has 0 unspecified atom stereocenters. The van der Waals surface area contributed by atoms with E-state index >= 15 is 0 Å². The number of anilines is 1. The van der Waals surface area contributed by atoms with Gasteiger partial charge in [0, 0.05) is 42.5 Å². The number of hydrogen-bond donors (Lipinski definition) is 0. The van der Waals surface area contributed by atoms with E-state index in [2.05, 4.69) is 17.0 Å². The van der Waals surface area contributed by atoms with Gasteiger partial charge in [-0.15, -0.1) is 11.8 Å². The molecule has 1 heterocycles. The second-order valence-electron chi connectivity index (χ2n) is 7.03.